The fourth-order valence-electron chi connectivity index (χ4n) is 2.09. The zero-order chi connectivity index (χ0) is 15.4. The first-order chi connectivity index (χ1) is 10.1. The van der Waals surface area contributed by atoms with Gasteiger partial charge in [-0.2, -0.15) is 5.10 Å². The number of hydrogen-bond donors (Lipinski definition) is 1. The third-order valence-electron chi connectivity index (χ3n) is 3.49. The summed E-state index contributed by atoms with van der Waals surface area (Å²) in [5.74, 6) is 1.62. The molecule has 0 saturated heterocycles. The third kappa shape index (κ3) is 3.65. The lowest BCUT2D eigenvalue weighted by Crippen LogP contribution is -2.11. The number of nitrogens with zero attached hydrogens (tertiary/aromatic N) is 5. The van der Waals surface area contributed by atoms with E-state index in [1.807, 2.05) is 10.9 Å². The molecule has 2 N–H and O–H groups in total. The number of thioether (sulfide) groups is 1. The van der Waals surface area contributed by atoms with Gasteiger partial charge in [0.05, 0.1) is 12.2 Å². The highest BCUT2D eigenvalue weighted by Gasteiger charge is 2.14. The predicted octanol–water partition coefficient (Wildman–Crippen LogP) is 2.78. The van der Waals surface area contributed by atoms with E-state index in [9.17, 15) is 0 Å². The van der Waals surface area contributed by atoms with Crippen LogP contribution in [0.5, 0.6) is 0 Å². The van der Waals surface area contributed by atoms with Crippen LogP contribution in [0.3, 0.4) is 0 Å². The van der Waals surface area contributed by atoms with Crippen LogP contribution in [0.1, 0.15) is 57.7 Å². The fourth-order valence-corrected chi connectivity index (χ4v) is 3.07. The minimum absolute atomic E-state index is 0.304. The normalized spacial score (nSPS) is 13.0. The van der Waals surface area contributed by atoms with E-state index in [1.165, 1.54) is 0 Å². The van der Waals surface area contributed by atoms with Gasteiger partial charge in [0, 0.05) is 24.0 Å². The molecule has 0 aliphatic carbocycles. The maximum absolute atomic E-state index is 5.71. The Bertz CT molecular complexity index is 574. The fraction of sp³-hybridized carbons (Fsp3) is 0.643. The van der Waals surface area contributed by atoms with Crippen LogP contribution < -0.4 is 5.73 Å². The lowest BCUT2D eigenvalue weighted by molar-refractivity contribution is 0.475. The maximum Gasteiger partial charge on any atom is 0.191 e. The van der Waals surface area contributed by atoms with Crippen LogP contribution in [0.15, 0.2) is 17.4 Å². The van der Waals surface area contributed by atoms with Crippen molar-refractivity contribution in [1.82, 2.24) is 24.5 Å². The molecule has 0 aliphatic heterocycles. The van der Waals surface area contributed by atoms with Crippen molar-refractivity contribution in [1.29, 1.82) is 0 Å². The van der Waals surface area contributed by atoms with Gasteiger partial charge in [-0.3, -0.25) is 4.68 Å². The van der Waals surface area contributed by atoms with E-state index >= 15 is 0 Å². The minimum Gasteiger partial charge on any atom is -0.324 e. The van der Waals surface area contributed by atoms with Gasteiger partial charge in [-0.05, 0) is 33.3 Å². The van der Waals surface area contributed by atoms with Crippen molar-refractivity contribution < 1.29 is 0 Å². The molecule has 0 amide bonds. The van der Waals surface area contributed by atoms with Gasteiger partial charge in [0.1, 0.15) is 5.82 Å². The second-order valence-corrected chi connectivity index (χ2v) is 6.34. The Morgan fingerprint density at radius 2 is 2.05 bits per heavy atom. The molecule has 2 aromatic rings. The Morgan fingerprint density at radius 3 is 2.67 bits per heavy atom. The van der Waals surface area contributed by atoms with Gasteiger partial charge in [0.2, 0.25) is 0 Å². The van der Waals surface area contributed by atoms with Gasteiger partial charge < -0.3 is 10.3 Å². The zero-order valence-corrected chi connectivity index (χ0v) is 14.0. The number of hydrogen-bond acceptors (Lipinski definition) is 5. The molecule has 6 nitrogen and oxygen atoms in total. The van der Waals surface area contributed by atoms with E-state index in [1.54, 1.807) is 11.8 Å². The Balaban J connectivity index is 2.06. The van der Waals surface area contributed by atoms with Crippen LogP contribution in [0.4, 0.5) is 0 Å². The highest BCUT2D eigenvalue weighted by atomic mass is 32.2. The third-order valence-corrected chi connectivity index (χ3v) is 4.47. The molecule has 0 aliphatic rings. The largest absolute Gasteiger partial charge is 0.324 e. The minimum atomic E-state index is 0.304. The van der Waals surface area contributed by atoms with Crippen molar-refractivity contribution in [2.24, 2.45) is 5.73 Å². The number of rotatable bonds is 7. The average molecular weight is 308 g/mol. The van der Waals surface area contributed by atoms with Crippen LogP contribution in [0, 0.1) is 0 Å². The molecule has 7 heteroatoms. The first-order valence-corrected chi connectivity index (χ1v) is 8.36. The van der Waals surface area contributed by atoms with Gasteiger partial charge in [-0.25, -0.2) is 0 Å². The monoisotopic (exact) mass is 308 g/mol. The van der Waals surface area contributed by atoms with Crippen molar-refractivity contribution in [3.05, 3.63) is 23.8 Å². The topological polar surface area (TPSA) is 74.6 Å². The summed E-state index contributed by atoms with van der Waals surface area (Å²) < 4.78 is 4.12. The van der Waals surface area contributed by atoms with E-state index < -0.39 is 0 Å². The summed E-state index contributed by atoms with van der Waals surface area (Å²) in [6, 6.07) is 2.81. The summed E-state index contributed by atoms with van der Waals surface area (Å²) >= 11 is 1.66. The predicted molar refractivity (Wildman–Crippen MR) is 85.1 cm³/mol. The van der Waals surface area contributed by atoms with Crippen LogP contribution in [0.2, 0.25) is 0 Å². The van der Waals surface area contributed by atoms with Crippen LogP contribution in [-0.2, 0) is 12.3 Å². The Kier molecular flexibility index (Phi) is 5.41. The van der Waals surface area contributed by atoms with E-state index in [4.69, 9.17) is 5.73 Å². The van der Waals surface area contributed by atoms with E-state index in [-0.39, 0.29) is 0 Å². The summed E-state index contributed by atoms with van der Waals surface area (Å²) in [4.78, 5) is 0. The van der Waals surface area contributed by atoms with Crippen molar-refractivity contribution in [2.45, 2.75) is 63.7 Å². The molecular weight excluding hydrogens is 284 g/mol. The quantitative estimate of drug-likeness (QED) is 0.796. The lowest BCUT2D eigenvalue weighted by Gasteiger charge is -2.12. The summed E-state index contributed by atoms with van der Waals surface area (Å²) in [5, 5.41) is 13.9. The Labute approximate surface area is 130 Å². The first-order valence-electron chi connectivity index (χ1n) is 7.37. The summed E-state index contributed by atoms with van der Waals surface area (Å²) in [5.41, 5.74) is 6.78. The van der Waals surface area contributed by atoms with Crippen LogP contribution in [0.25, 0.3) is 0 Å². The maximum atomic E-state index is 5.71. The van der Waals surface area contributed by atoms with Gasteiger partial charge >= 0.3 is 0 Å². The van der Waals surface area contributed by atoms with Crippen molar-refractivity contribution in [3.8, 4) is 0 Å². The Hall–Kier alpha value is -1.34. The molecule has 116 valence electrons. The molecule has 0 bridgehead atoms. The lowest BCUT2D eigenvalue weighted by atomic mass is 10.3. The Morgan fingerprint density at radius 1 is 1.29 bits per heavy atom. The summed E-state index contributed by atoms with van der Waals surface area (Å²) in [7, 11) is 0. The highest BCUT2D eigenvalue weighted by Crippen LogP contribution is 2.24. The molecule has 0 fully saturated rings. The van der Waals surface area contributed by atoms with E-state index in [0.29, 0.717) is 18.6 Å². The molecule has 0 radical (unpaired) electrons. The number of nitrogens with two attached hydrogens (primary N) is 1. The van der Waals surface area contributed by atoms with Crippen LogP contribution in [-0.4, -0.2) is 24.5 Å². The molecule has 2 rings (SSSR count). The SMILES string of the molecule is CCC(C)n1ccc(CSc2nnc(CN)n2C(C)C)n1. The van der Waals surface area contributed by atoms with Crippen molar-refractivity contribution in [2.75, 3.05) is 0 Å². The summed E-state index contributed by atoms with van der Waals surface area (Å²) in [6.45, 7) is 8.98. The van der Waals surface area contributed by atoms with Gasteiger partial charge in [0.15, 0.2) is 5.16 Å². The van der Waals surface area contributed by atoms with Crippen LogP contribution >= 0.6 is 11.8 Å². The smallest absolute Gasteiger partial charge is 0.191 e. The van der Waals surface area contributed by atoms with Crippen molar-refractivity contribution >= 4 is 11.8 Å². The summed E-state index contributed by atoms with van der Waals surface area (Å²) in [6.07, 6.45) is 3.12. The number of aromatic nitrogens is 5. The molecule has 2 aromatic heterocycles. The molecular formula is C14H24N6S. The molecule has 1 unspecified atom stereocenters. The molecule has 2 heterocycles. The molecule has 1 atom stereocenters. The zero-order valence-electron chi connectivity index (χ0n) is 13.2. The molecule has 0 aromatic carbocycles. The average Bonchev–Trinajstić information content (AvgIpc) is 3.10. The van der Waals surface area contributed by atoms with Gasteiger partial charge in [-0.1, -0.05) is 18.7 Å². The highest BCUT2D eigenvalue weighted by molar-refractivity contribution is 7.98. The molecule has 0 spiro atoms. The second-order valence-electron chi connectivity index (χ2n) is 5.40. The van der Waals surface area contributed by atoms with Gasteiger partial charge in [-0.15, -0.1) is 10.2 Å². The molecule has 0 saturated carbocycles. The van der Waals surface area contributed by atoms with E-state index in [2.05, 4.69) is 53.6 Å². The van der Waals surface area contributed by atoms with Crippen molar-refractivity contribution in [3.63, 3.8) is 0 Å². The van der Waals surface area contributed by atoms with Gasteiger partial charge in [0.25, 0.3) is 0 Å². The molecule has 21 heavy (non-hydrogen) atoms. The van der Waals surface area contributed by atoms with E-state index in [0.717, 1.165) is 28.8 Å². The standard InChI is InChI=1S/C14H24N6S/c1-5-11(4)19-7-6-12(18-19)9-21-14-17-16-13(8-15)20(14)10(2)3/h6-7,10-11H,5,8-9,15H2,1-4H3. The first kappa shape index (κ1) is 16.0. The second kappa shape index (κ2) is 7.09.